The number of aryl methyl sites for hydroxylation is 1. The first-order valence-electron chi connectivity index (χ1n) is 7.37. The van der Waals surface area contributed by atoms with Gasteiger partial charge in [0.05, 0.1) is 17.0 Å². The van der Waals surface area contributed by atoms with Gasteiger partial charge in [0, 0.05) is 5.56 Å². The zero-order valence-electron chi connectivity index (χ0n) is 14.1. The first-order valence-corrected chi connectivity index (χ1v) is 8.15. The lowest BCUT2D eigenvalue weighted by Gasteiger charge is -2.18. The molecule has 0 aliphatic rings. The quantitative estimate of drug-likeness (QED) is 0.668. The first kappa shape index (κ1) is 17.1. The third-order valence-electron chi connectivity index (χ3n) is 3.59. The van der Waals surface area contributed by atoms with Gasteiger partial charge in [0.1, 0.15) is 5.00 Å². The van der Waals surface area contributed by atoms with Gasteiger partial charge in [-0.05, 0) is 48.5 Å². The molecule has 122 valence electrons. The molecule has 1 heterocycles. The molecule has 0 bridgehead atoms. The Morgan fingerprint density at radius 1 is 1.26 bits per heavy atom. The molecular weight excluding hydrogens is 308 g/mol. The van der Waals surface area contributed by atoms with E-state index in [0.717, 1.165) is 11.3 Å². The zero-order chi connectivity index (χ0) is 17.2. The van der Waals surface area contributed by atoms with Crippen LogP contribution in [0, 0.1) is 6.92 Å². The normalized spacial score (nSPS) is 12.3. The van der Waals surface area contributed by atoms with E-state index in [1.165, 1.54) is 17.1 Å². The number of rotatable bonds is 3. The smallest absolute Gasteiger partial charge is 0.271 e. The van der Waals surface area contributed by atoms with E-state index < -0.39 is 0 Å². The summed E-state index contributed by atoms with van der Waals surface area (Å²) >= 11 is 1.23. The van der Waals surface area contributed by atoms with Crippen molar-refractivity contribution >= 4 is 28.2 Å². The Labute approximate surface area is 140 Å². The number of nitrogens with two attached hydrogens (primary N) is 1. The maximum atomic E-state index is 12.2. The van der Waals surface area contributed by atoms with E-state index in [-0.39, 0.29) is 11.3 Å². The molecule has 0 aliphatic heterocycles. The largest absolute Gasteiger partial charge is 0.389 e. The molecule has 23 heavy (non-hydrogen) atoms. The number of nitrogens with one attached hydrogen (secondary N) is 1. The average Bonchev–Trinajstić information content (AvgIpc) is 2.83. The molecule has 6 heteroatoms. The van der Waals surface area contributed by atoms with Gasteiger partial charge in [0.2, 0.25) is 0 Å². The molecule has 1 aromatic carbocycles. The van der Waals surface area contributed by atoms with Gasteiger partial charge in [0.15, 0.2) is 0 Å². The van der Waals surface area contributed by atoms with Crippen molar-refractivity contribution in [1.29, 1.82) is 0 Å². The molecule has 1 amide bonds. The molecule has 0 radical (unpaired) electrons. The van der Waals surface area contributed by atoms with Gasteiger partial charge in [-0.2, -0.15) is 9.47 Å². The minimum atomic E-state index is -0.246. The van der Waals surface area contributed by atoms with Gasteiger partial charge in [-0.15, -0.1) is 0 Å². The predicted molar refractivity (Wildman–Crippen MR) is 96.1 cm³/mol. The standard InChI is InChI=1S/C17H22N4OS/c1-10(14-11(2)21-23-15(14)18)19-20-16(22)12-6-8-13(9-7-12)17(3,4)5/h6-9H,18H2,1-5H3,(H,20,22)/b19-10-. The van der Waals surface area contributed by atoms with Crippen LogP contribution < -0.4 is 11.2 Å². The Bertz CT molecular complexity index is 719. The summed E-state index contributed by atoms with van der Waals surface area (Å²) in [7, 11) is 0. The summed E-state index contributed by atoms with van der Waals surface area (Å²) in [5.41, 5.74) is 12.5. The average molecular weight is 330 g/mol. The summed E-state index contributed by atoms with van der Waals surface area (Å²) in [6.45, 7) is 10.1. The van der Waals surface area contributed by atoms with Crippen LogP contribution in [0.25, 0.3) is 0 Å². The second-order valence-electron chi connectivity index (χ2n) is 6.47. The fraction of sp³-hybridized carbons (Fsp3) is 0.353. The highest BCUT2D eigenvalue weighted by Gasteiger charge is 2.15. The van der Waals surface area contributed by atoms with Gasteiger partial charge >= 0.3 is 0 Å². The van der Waals surface area contributed by atoms with Gasteiger partial charge in [-0.3, -0.25) is 4.79 Å². The lowest BCUT2D eigenvalue weighted by atomic mass is 9.87. The Balaban J connectivity index is 2.12. The Morgan fingerprint density at radius 2 is 1.87 bits per heavy atom. The van der Waals surface area contributed by atoms with E-state index in [1.54, 1.807) is 6.92 Å². The van der Waals surface area contributed by atoms with Crippen LogP contribution in [-0.2, 0) is 5.41 Å². The molecule has 1 aromatic heterocycles. The maximum absolute atomic E-state index is 12.2. The van der Waals surface area contributed by atoms with E-state index in [2.05, 4.69) is 35.7 Å². The van der Waals surface area contributed by atoms with Crippen LogP contribution in [0.1, 0.15) is 54.9 Å². The van der Waals surface area contributed by atoms with Gasteiger partial charge < -0.3 is 5.73 Å². The minimum absolute atomic E-state index is 0.0603. The van der Waals surface area contributed by atoms with Gasteiger partial charge in [-0.25, -0.2) is 5.43 Å². The molecule has 5 nitrogen and oxygen atoms in total. The third kappa shape index (κ3) is 3.96. The Hall–Kier alpha value is -2.21. The van der Waals surface area contributed by atoms with Crippen LogP contribution in [0.2, 0.25) is 0 Å². The van der Waals surface area contributed by atoms with Crippen molar-refractivity contribution in [3.05, 3.63) is 46.6 Å². The van der Waals surface area contributed by atoms with E-state index in [1.807, 2.05) is 31.2 Å². The number of benzene rings is 1. The second kappa shape index (κ2) is 6.50. The summed E-state index contributed by atoms with van der Waals surface area (Å²) < 4.78 is 4.18. The number of anilines is 1. The number of carbonyl (C=O) groups excluding carboxylic acids is 1. The van der Waals surface area contributed by atoms with E-state index in [9.17, 15) is 4.79 Å². The van der Waals surface area contributed by atoms with E-state index in [4.69, 9.17) is 5.73 Å². The highest BCUT2D eigenvalue weighted by molar-refractivity contribution is 7.10. The van der Waals surface area contributed by atoms with Crippen LogP contribution in [0.4, 0.5) is 5.00 Å². The fourth-order valence-electron chi connectivity index (χ4n) is 2.20. The number of hydrogen-bond acceptors (Lipinski definition) is 5. The summed E-state index contributed by atoms with van der Waals surface area (Å²) in [6.07, 6.45) is 0. The van der Waals surface area contributed by atoms with Crippen molar-refractivity contribution in [2.75, 3.05) is 5.73 Å². The van der Waals surface area contributed by atoms with E-state index >= 15 is 0 Å². The van der Waals surface area contributed by atoms with Crippen molar-refractivity contribution in [2.45, 2.75) is 40.0 Å². The Morgan fingerprint density at radius 3 is 2.35 bits per heavy atom. The van der Waals surface area contributed by atoms with Gasteiger partial charge in [-0.1, -0.05) is 32.9 Å². The predicted octanol–water partition coefficient (Wildman–Crippen LogP) is 3.49. The number of carbonyl (C=O) groups is 1. The summed E-state index contributed by atoms with van der Waals surface area (Å²) in [5.74, 6) is -0.246. The van der Waals surface area contributed by atoms with Crippen LogP contribution in [0.15, 0.2) is 29.4 Å². The lowest BCUT2D eigenvalue weighted by Crippen LogP contribution is -2.20. The van der Waals surface area contributed by atoms with Crippen molar-refractivity contribution < 1.29 is 4.79 Å². The molecule has 0 spiro atoms. The van der Waals surface area contributed by atoms with Crippen LogP contribution >= 0.6 is 11.5 Å². The second-order valence-corrected chi connectivity index (χ2v) is 7.28. The number of nitrogen functional groups attached to an aromatic ring is 1. The highest BCUT2D eigenvalue weighted by Crippen LogP contribution is 2.22. The SMILES string of the molecule is C/C(=N/NC(=O)c1ccc(C(C)(C)C)cc1)c1c(C)nsc1N. The minimum Gasteiger partial charge on any atom is -0.389 e. The van der Waals surface area contributed by atoms with Crippen molar-refractivity contribution in [3.63, 3.8) is 0 Å². The summed E-state index contributed by atoms with van der Waals surface area (Å²) in [6, 6.07) is 7.56. The van der Waals surface area contributed by atoms with E-state index in [0.29, 0.717) is 16.3 Å². The molecule has 0 unspecified atom stereocenters. The lowest BCUT2D eigenvalue weighted by molar-refractivity contribution is 0.0955. The molecule has 3 N–H and O–H groups in total. The summed E-state index contributed by atoms with van der Waals surface area (Å²) in [4.78, 5) is 12.2. The fourth-order valence-corrected chi connectivity index (χ4v) is 2.92. The Kier molecular flexibility index (Phi) is 4.85. The van der Waals surface area contributed by atoms with Gasteiger partial charge in [0.25, 0.3) is 5.91 Å². The molecule has 0 atom stereocenters. The molecule has 0 saturated heterocycles. The highest BCUT2D eigenvalue weighted by atomic mass is 32.1. The van der Waals surface area contributed by atoms with Crippen molar-refractivity contribution in [2.24, 2.45) is 5.10 Å². The third-order valence-corrected chi connectivity index (χ3v) is 4.36. The number of hydrazone groups is 1. The molecule has 0 saturated carbocycles. The number of aromatic nitrogens is 1. The molecular formula is C17H22N4OS. The van der Waals surface area contributed by atoms with Crippen LogP contribution in [-0.4, -0.2) is 16.0 Å². The van der Waals surface area contributed by atoms with Crippen molar-refractivity contribution in [1.82, 2.24) is 9.80 Å². The zero-order valence-corrected chi connectivity index (χ0v) is 14.9. The molecule has 2 aromatic rings. The molecule has 2 rings (SSSR count). The van der Waals surface area contributed by atoms with Crippen LogP contribution in [0.5, 0.6) is 0 Å². The van der Waals surface area contributed by atoms with Crippen LogP contribution in [0.3, 0.4) is 0 Å². The topological polar surface area (TPSA) is 80.4 Å². The molecule has 0 fully saturated rings. The maximum Gasteiger partial charge on any atom is 0.271 e. The number of nitrogens with zero attached hydrogens (tertiary/aromatic N) is 2. The number of hydrogen-bond donors (Lipinski definition) is 2. The number of amides is 1. The summed E-state index contributed by atoms with van der Waals surface area (Å²) in [5, 5.41) is 4.74. The van der Waals surface area contributed by atoms with Crippen molar-refractivity contribution in [3.8, 4) is 0 Å². The molecule has 0 aliphatic carbocycles. The first-order chi connectivity index (χ1) is 10.7. The monoisotopic (exact) mass is 330 g/mol.